The summed E-state index contributed by atoms with van der Waals surface area (Å²) < 4.78 is 12.1. The zero-order valence-corrected chi connectivity index (χ0v) is 20.3. The minimum Gasteiger partial charge on any atom is -0.469 e. The highest BCUT2D eigenvalue weighted by Gasteiger charge is 2.46. The Labute approximate surface area is 195 Å². The van der Waals surface area contributed by atoms with Crippen LogP contribution in [0, 0.1) is 5.41 Å². The molecule has 33 heavy (non-hydrogen) atoms. The number of amides is 1. The number of rotatable bonds is 5. The number of likely N-dealkylation sites (tertiary alicyclic amines) is 1. The van der Waals surface area contributed by atoms with Gasteiger partial charge in [-0.25, -0.2) is 4.79 Å². The van der Waals surface area contributed by atoms with Crippen molar-refractivity contribution in [2.24, 2.45) is 12.5 Å². The van der Waals surface area contributed by atoms with Crippen molar-refractivity contribution in [3.05, 3.63) is 18.2 Å². The van der Waals surface area contributed by atoms with Gasteiger partial charge in [-0.1, -0.05) is 0 Å². The smallest absolute Gasteiger partial charge is 0.410 e. The van der Waals surface area contributed by atoms with Crippen LogP contribution in [0.3, 0.4) is 0 Å². The molecule has 3 heterocycles. The molecular formula is C24H35N5O4. The number of aryl methyl sites for hydroxylation is 1. The number of aromatic nitrogens is 2. The van der Waals surface area contributed by atoms with E-state index in [0.29, 0.717) is 13.0 Å². The molecule has 2 aliphatic rings. The molecule has 2 fully saturated rings. The lowest BCUT2D eigenvalue weighted by atomic mass is 9.72. The van der Waals surface area contributed by atoms with Crippen molar-refractivity contribution in [3.63, 3.8) is 0 Å². The van der Waals surface area contributed by atoms with E-state index in [1.807, 2.05) is 37.4 Å². The van der Waals surface area contributed by atoms with Crippen molar-refractivity contribution in [1.82, 2.24) is 14.7 Å². The molecule has 9 heteroatoms. The first-order chi connectivity index (χ1) is 15.6. The number of ether oxygens (including phenoxy) is 2. The zero-order chi connectivity index (χ0) is 23.8. The molecule has 0 aliphatic carbocycles. The second-order valence-electron chi connectivity index (χ2n) is 10.3. The summed E-state index contributed by atoms with van der Waals surface area (Å²) in [6.07, 6.45) is 2.11. The number of piperidine rings is 1. The number of nitrogens with zero attached hydrogens (tertiary/aromatic N) is 4. The standard InChI is InChI=1S/C24H35N5O4/c1-23(2,3)33-22(31)28-12-9-24(10-13-28)15-29(16-24)17-6-7-18-19(14-17)27(4)26-21(18)25-11-8-20(30)32-5/h6-7,14H,8-13,15-16H2,1-5H3,(H,25,26). The second-order valence-corrected chi connectivity index (χ2v) is 10.3. The topological polar surface area (TPSA) is 88.9 Å². The van der Waals surface area contributed by atoms with Crippen molar-refractivity contribution in [1.29, 1.82) is 0 Å². The lowest BCUT2D eigenvalue weighted by Gasteiger charge is -2.55. The first-order valence-corrected chi connectivity index (χ1v) is 11.6. The van der Waals surface area contributed by atoms with Crippen LogP contribution in [0.4, 0.5) is 16.3 Å². The van der Waals surface area contributed by atoms with Crippen LogP contribution in [0.25, 0.3) is 10.9 Å². The Hall–Kier alpha value is -2.97. The van der Waals surface area contributed by atoms with E-state index in [1.54, 1.807) is 0 Å². The van der Waals surface area contributed by atoms with E-state index in [9.17, 15) is 9.59 Å². The highest BCUT2D eigenvalue weighted by atomic mass is 16.6. The van der Waals surface area contributed by atoms with Crippen LogP contribution in [-0.4, -0.2) is 72.2 Å². The van der Waals surface area contributed by atoms with Gasteiger partial charge in [-0.05, 0) is 51.8 Å². The van der Waals surface area contributed by atoms with Crippen LogP contribution in [0.1, 0.15) is 40.0 Å². The SMILES string of the molecule is COC(=O)CCNc1nn(C)c2cc(N3CC4(CCN(C(=O)OC(C)(C)C)CC4)C3)ccc12. The fourth-order valence-electron chi connectivity index (χ4n) is 4.71. The number of anilines is 2. The fraction of sp³-hybridized carbons (Fsp3) is 0.625. The number of carbonyl (C=O) groups is 2. The minimum atomic E-state index is -0.458. The minimum absolute atomic E-state index is 0.203. The number of benzene rings is 1. The van der Waals surface area contributed by atoms with E-state index >= 15 is 0 Å². The third-order valence-corrected chi connectivity index (χ3v) is 6.58. The van der Waals surface area contributed by atoms with E-state index in [2.05, 4.69) is 33.5 Å². The molecule has 4 rings (SSSR count). The van der Waals surface area contributed by atoms with E-state index < -0.39 is 5.60 Å². The first kappa shape index (κ1) is 23.2. The Morgan fingerprint density at radius 1 is 1.18 bits per heavy atom. The van der Waals surface area contributed by atoms with Crippen molar-refractivity contribution in [3.8, 4) is 0 Å². The molecule has 0 bridgehead atoms. The van der Waals surface area contributed by atoms with Crippen LogP contribution in [-0.2, 0) is 21.3 Å². The second kappa shape index (κ2) is 8.76. The molecule has 1 aromatic carbocycles. The van der Waals surface area contributed by atoms with E-state index in [1.165, 1.54) is 12.8 Å². The molecule has 2 aliphatic heterocycles. The van der Waals surface area contributed by atoms with Gasteiger partial charge in [0.05, 0.1) is 19.0 Å². The molecule has 1 amide bonds. The fourth-order valence-corrected chi connectivity index (χ4v) is 4.71. The molecule has 0 unspecified atom stereocenters. The summed E-state index contributed by atoms with van der Waals surface area (Å²) in [5.41, 5.74) is 2.06. The van der Waals surface area contributed by atoms with Crippen molar-refractivity contribution < 1.29 is 19.1 Å². The van der Waals surface area contributed by atoms with Gasteiger partial charge >= 0.3 is 12.1 Å². The molecule has 1 aromatic heterocycles. The van der Waals surface area contributed by atoms with Gasteiger partial charge in [-0.15, -0.1) is 0 Å². The number of methoxy groups -OCH3 is 1. The number of nitrogens with one attached hydrogen (secondary N) is 1. The molecule has 2 saturated heterocycles. The quantitative estimate of drug-likeness (QED) is 0.689. The van der Waals surface area contributed by atoms with Gasteiger partial charge in [0.2, 0.25) is 0 Å². The summed E-state index contributed by atoms with van der Waals surface area (Å²) in [6.45, 7) is 9.71. The van der Waals surface area contributed by atoms with Crippen LogP contribution < -0.4 is 10.2 Å². The normalized spacial score (nSPS) is 17.7. The highest BCUT2D eigenvalue weighted by molar-refractivity contribution is 5.92. The van der Waals surface area contributed by atoms with Crippen molar-refractivity contribution in [2.45, 2.75) is 45.6 Å². The van der Waals surface area contributed by atoms with Gasteiger partial charge in [0, 0.05) is 56.3 Å². The van der Waals surface area contributed by atoms with E-state index in [0.717, 1.165) is 55.7 Å². The van der Waals surface area contributed by atoms with Crippen molar-refractivity contribution in [2.75, 3.05) is 50.1 Å². The zero-order valence-electron chi connectivity index (χ0n) is 20.3. The molecule has 180 valence electrons. The Balaban J connectivity index is 1.34. The summed E-state index contributed by atoms with van der Waals surface area (Å²) in [5.74, 6) is 0.534. The monoisotopic (exact) mass is 457 g/mol. The highest BCUT2D eigenvalue weighted by Crippen LogP contribution is 2.43. The summed E-state index contributed by atoms with van der Waals surface area (Å²) in [4.78, 5) is 27.9. The van der Waals surface area contributed by atoms with Crippen LogP contribution in [0.15, 0.2) is 18.2 Å². The third-order valence-electron chi connectivity index (χ3n) is 6.58. The average Bonchev–Trinajstić information content (AvgIpc) is 3.05. The lowest BCUT2D eigenvalue weighted by molar-refractivity contribution is -0.140. The van der Waals surface area contributed by atoms with Gasteiger partial charge in [-0.2, -0.15) is 5.10 Å². The Bertz CT molecular complexity index is 1030. The predicted molar refractivity (Wildman–Crippen MR) is 128 cm³/mol. The summed E-state index contributed by atoms with van der Waals surface area (Å²) in [5, 5.41) is 8.85. The largest absolute Gasteiger partial charge is 0.469 e. The Morgan fingerprint density at radius 2 is 1.88 bits per heavy atom. The first-order valence-electron chi connectivity index (χ1n) is 11.6. The summed E-state index contributed by atoms with van der Waals surface area (Å²) in [6, 6.07) is 6.41. The number of carbonyl (C=O) groups excluding carboxylic acids is 2. The van der Waals surface area contributed by atoms with Crippen molar-refractivity contribution >= 4 is 34.5 Å². The van der Waals surface area contributed by atoms with Crippen LogP contribution >= 0.6 is 0 Å². The predicted octanol–water partition coefficient (Wildman–Crippen LogP) is 3.39. The Kier molecular flexibility index (Phi) is 6.16. The molecule has 1 N–H and O–H groups in total. The number of esters is 1. The lowest BCUT2D eigenvalue weighted by Crippen LogP contribution is -2.61. The number of hydrogen-bond donors (Lipinski definition) is 1. The maximum absolute atomic E-state index is 12.3. The van der Waals surface area contributed by atoms with Gasteiger partial charge in [-0.3, -0.25) is 9.48 Å². The number of fused-ring (bicyclic) bond motifs is 1. The van der Waals surface area contributed by atoms with Crippen LogP contribution in [0.5, 0.6) is 0 Å². The Morgan fingerprint density at radius 3 is 2.52 bits per heavy atom. The summed E-state index contributed by atoms with van der Waals surface area (Å²) >= 11 is 0. The molecule has 0 atom stereocenters. The van der Waals surface area contributed by atoms with Crippen LogP contribution in [0.2, 0.25) is 0 Å². The van der Waals surface area contributed by atoms with Gasteiger partial charge in [0.1, 0.15) is 5.60 Å². The third kappa shape index (κ3) is 5.02. The number of hydrogen-bond acceptors (Lipinski definition) is 7. The molecule has 0 saturated carbocycles. The van der Waals surface area contributed by atoms with Gasteiger partial charge in [0.15, 0.2) is 5.82 Å². The molecule has 1 spiro atoms. The van der Waals surface area contributed by atoms with E-state index in [4.69, 9.17) is 9.47 Å². The summed E-state index contributed by atoms with van der Waals surface area (Å²) in [7, 11) is 3.33. The molecule has 2 aromatic rings. The van der Waals surface area contributed by atoms with Gasteiger partial charge in [0.25, 0.3) is 0 Å². The van der Waals surface area contributed by atoms with Gasteiger partial charge < -0.3 is 24.6 Å². The molecular weight excluding hydrogens is 422 g/mol. The maximum atomic E-state index is 12.3. The maximum Gasteiger partial charge on any atom is 0.410 e. The average molecular weight is 458 g/mol. The molecule has 0 radical (unpaired) electrons. The van der Waals surface area contributed by atoms with E-state index in [-0.39, 0.29) is 17.5 Å². The molecule has 9 nitrogen and oxygen atoms in total.